The maximum absolute atomic E-state index is 13.4. The number of aromatic nitrogens is 2. The first-order valence-corrected chi connectivity index (χ1v) is 9.47. The summed E-state index contributed by atoms with van der Waals surface area (Å²) in [4.78, 5) is 23.7. The van der Waals surface area contributed by atoms with Gasteiger partial charge in [0.15, 0.2) is 0 Å². The molecule has 0 unspecified atom stereocenters. The predicted octanol–water partition coefficient (Wildman–Crippen LogP) is 2.69. The standard InChI is InChI=1S/C21H23FN4O2/c22-15-4-5-17-18(14-24-19(17)13-15)20(21(27)28)26-11-9-25(10-12-26)8-6-16-3-1-2-7-23-16/h1-5,7,13-14,20,24H,6,8-12H2,(H,27,28)/t20-/m1/s1. The average molecular weight is 382 g/mol. The number of nitrogens with zero attached hydrogens (tertiary/aromatic N) is 3. The zero-order valence-corrected chi connectivity index (χ0v) is 15.5. The van der Waals surface area contributed by atoms with Gasteiger partial charge in [0.05, 0.1) is 0 Å². The number of carbonyl (C=O) groups is 1. The van der Waals surface area contributed by atoms with Crippen LogP contribution in [0.4, 0.5) is 4.39 Å². The Morgan fingerprint density at radius 2 is 2.04 bits per heavy atom. The van der Waals surface area contributed by atoms with Crippen molar-refractivity contribution in [3.05, 3.63) is 65.9 Å². The first-order chi connectivity index (χ1) is 13.6. The zero-order valence-electron chi connectivity index (χ0n) is 15.5. The SMILES string of the molecule is O=C(O)[C@@H](c1c[nH]c2cc(F)ccc12)N1CCN(CCc2ccccn2)CC1. The molecule has 0 bridgehead atoms. The van der Waals surface area contributed by atoms with Gasteiger partial charge in [0.25, 0.3) is 0 Å². The van der Waals surface area contributed by atoms with Gasteiger partial charge in [0, 0.05) is 73.7 Å². The fourth-order valence-electron chi connectivity index (χ4n) is 3.90. The molecule has 0 radical (unpaired) electrons. The highest BCUT2D eigenvalue weighted by Crippen LogP contribution is 2.30. The smallest absolute Gasteiger partial charge is 0.325 e. The molecule has 28 heavy (non-hydrogen) atoms. The number of hydrogen-bond acceptors (Lipinski definition) is 4. The van der Waals surface area contributed by atoms with Gasteiger partial charge in [0.2, 0.25) is 0 Å². The number of aliphatic carboxylic acids is 1. The van der Waals surface area contributed by atoms with E-state index >= 15 is 0 Å². The fraction of sp³-hybridized carbons (Fsp3) is 0.333. The molecule has 0 aliphatic carbocycles. The summed E-state index contributed by atoms with van der Waals surface area (Å²) in [6.45, 7) is 3.89. The topological polar surface area (TPSA) is 72.5 Å². The Morgan fingerprint density at radius 3 is 2.75 bits per heavy atom. The highest BCUT2D eigenvalue weighted by Gasteiger charge is 2.32. The van der Waals surface area contributed by atoms with E-state index in [4.69, 9.17) is 0 Å². The van der Waals surface area contributed by atoms with Crippen molar-refractivity contribution in [3.8, 4) is 0 Å². The van der Waals surface area contributed by atoms with Gasteiger partial charge in [-0.2, -0.15) is 0 Å². The molecular formula is C21H23FN4O2. The predicted molar refractivity (Wildman–Crippen MR) is 105 cm³/mol. The molecule has 1 fully saturated rings. The number of H-pyrrole nitrogens is 1. The molecule has 1 aliphatic rings. The number of aromatic amines is 1. The maximum Gasteiger partial charge on any atom is 0.325 e. The number of rotatable bonds is 6. The number of benzene rings is 1. The van der Waals surface area contributed by atoms with E-state index in [0.29, 0.717) is 24.2 Å². The molecule has 1 saturated heterocycles. The van der Waals surface area contributed by atoms with Crippen LogP contribution >= 0.6 is 0 Å². The largest absolute Gasteiger partial charge is 0.480 e. The summed E-state index contributed by atoms with van der Waals surface area (Å²) in [7, 11) is 0. The van der Waals surface area contributed by atoms with Crippen molar-refractivity contribution in [1.82, 2.24) is 19.8 Å². The molecule has 1 aliphatic heterocycles. The van der Waals surface area contributed by atoms with Crippen LogP contribution in [-0.2, 0) is 11.2 Å². The van der Waals surface area contributed by atoms with Crippen molar-refractivity contribution in [1.29, 1.82) is 0 Å². The Morgan fingerprint density at radius 1 is 1.21 bits per heavy atom. The number of hydrogen-bond donors (Lipinski definition) is 2. The number of carboxylic acids is 1. The number of carboxylic acid groups (broad SMARTS) is 1. The van der Waals surface area contributed by atoms with E-state index in [-0.39, 0.29) is 5.82 Å². The summed E-state index contributed by atoms with van der Waals surface area (Å²) < 4.78 is 13.4. The summed E-state index contributed by atoms with van der Waals surface area (Å²) in [5.74, 6) is -1.22. The van der Waals surface area contributed by atoms with Crippen LogP contribution < -0.4 is 0 Å². The lowest BCUT2D eigenvalue weighted by Gasteiger charge is -2.37. The monoisotopic (exact) mass is 382 g/mol. The second-order valence-electron chi connectivity index (χ2n) is 7.12. The van der Waals surface area contributed by atoms with Crippen molar-refractivity contribution in [2.45, 2.75) is 12.5 Å². The Balaban J connectivity index is 1.43. The minimum atomic E-state index is -0.882. The Bertz CT molecular complexity index is 951. The van der Waals surface area contributed by atoms with Crippen LogP contribution in [0.15, 0.2) is 48.8 Å². The zero-order chi connectivity index (χ0) is 19.5. The molecule has 6 nitrogen and oxygen atoms in total. The Hall–Kier alpha value is -2.77. The molecule has 0 saturated carbocycles. The van der Waals surface area contributed by atoms with E-state index in [1.807, 2.05) is 23.1 Å². The number of pyridine rings is 1. The lowest BCUT2D eigenvalue weighted by atomic mass is 10.0. The third-order valence-corrected chi connectivity index (χ3v) is 5.39. The molecule has 7 heteroatoms. The van der Waals surface area contributed by atoms with Crippen LogP contribution in [0, 0.1) is 5.82 Å². The summed E-state index contributed by atoms with van der Waals surface area (Å²) in [6.07, 6.45) is 4.38. The van der Waals surface area contributed by atoms with Crippen molar-refractivity contribution >= 4 is 16.9 Å². The minimum Gasteiger partial charge on any atom is -0.480 e. The molecule has 2 N–H and O–H groups in total. The third kappa shape index (κ3) is 3.90. The second-order valence-corrected chi connectivity index (χ2v) is 7.12. The van der Waals surface area contributed by atoms with E-state index in [1.165, 1.54) is 12.1 Å². The minimum absolute atomic E-state index is 0.339. The van der Waals surface area contributed by atoms with E-state index < -0.39 is 12.0 Å². The lowest BCUT2D eigenvalue weighted by molar-refractivity contribution is -0.144. The molecular weight excluding hydrogens is 359 g/mol. The van der Waals surface area contributed by atoms with Crippen LogP contribution in [0.3, 0.4) is 0 Å². The normalized spacial score (nSPS) is 17.0. The maximum atomic E-state index is 13.4. The van der Waals surface area contributed by atoms with Gasteiger partial charge < -0.3 is 15.0 Å². The molecule has 1 atom stereocenters. The van der Waals surface area contributed by atoms with Crippen LogP contribution in [0.1, 0.15) is 17.3 Å². The van der Waals surface area contributed by atoms with Gasteiger partial charge in [-0.15, -0.1) is 0 Å². The lowest BCUT2D eigenvalue weighted by Crippen LogP contribution is -2.49. The van der Waals surface area contributed by atoms with Gasteiger partial charge in [0.1, 0.15) is 11.9 Å². The van der Waals surface area contributed by atoms with Crippen LogP contribution in [0.2, 0.25) is 0 Å². The molecule has 0 amide bonds. The molecule has 3 heterocycles. The molecule has 2 aromatic heterocycles. The quantitative estimate of drug-likeness (QED) is 0.686. The van der Waals surface area contributed by atoms with E-state index in [0.717, 1.165) is 37.1 Å². The van der Waals surface area contributed by atoms with Crippen molar-refractivity contribution in [2.24, 2.45) is 0 Å². The number of nitrogens with one attached hydrogen (secondary N) is 1. The third-order valence-electron chi connectivity index (χ3n) is 5.39. The van der Waals surface area contributed by atoms with Crippen molar-refractivity contribution in [2.75, 3.05) is 32.7 Å². The van der Waals surface area contributed by atoms with Gasteiger partial charge in [-0.25, -0.2) is 4.39 Å². The van der Waals surface area contributed by atoms with Gasteiger partial charge in [-0.3, -0.25) is 14.7 Å². The Labute approximate surface area is 162 Å². The fourth-order valence-corrected chi connectivity index (χ4v) is 3.90. The second kappa shape index (κ2) is 8.08. The van der Waals surface area contributed by atoms with E-state index in [2.05, 4.69) is 14.9 Å². The van der Waals surface area contributed by atoms with Crippen LogP contribution in [0.25, 0.3) is 10.9 Å². The summed E-state index contributed by atoms with van der Waals surface area (Å²) in [5, 5.41) is 10.6. The highest BCUT2D eigenvalue weighted by molar-refractivity contribution is 5.89. The van der Waals surface area contributed by atoms with Gasteiger partial charge in [-0.05, 0) is 30.3 Å². The Kier molecular flexibility index (Phi) is 5.36. The van der Waals surface area contributed by atoms with E-state index in [1.54, 1.807) is 18.5 Å². The number of piperazine rings is 1. The highest BCUT2D eigenvalue weighted by atomic mass is 19.1. The number of fused-ring (bicyclic) bond motifs is 1. The number of halogens is 1. The molecule has 3 aromatic rings. The summed E-state index contributed by atoms with van der Waals surface area (Å²) in [5.41, 5.74) is 2.37. The van der Waals surface area contributed by atoms with Crippen molar-refractivity contribution in [3.63, 3.8) is 0 Å². The van der Waals surface area contributed by atoms with Gasteiger partial charge >= 0.3 is 5.97 Å². The van der Waals surface area contributed by atoms with Crippen LogP contribution in [-0.4, -0.2) is 63.6 Å². The van der Waals surface area contributed by atoms with Crippen molar-refractivity contribution < 1.29 is 14.3 Å². The average Bonchev–Trinajstić information content (AvgIpc) is 3.10. The first-order valence-electron chi connectivity index (χ1n) is 9.47. The first kappa shape index (κ1) is 18.6. The molecule has 0 spiro atoms. The van der Waals surface area contributed by atoms with Gasteiger partial charge in [-0.1, -0.05) is 6.07 Å². The molecule has 146 valence electrons. The van der Waals surface area contributed by atoms with E-state index in [9.17, 15) is 14.3 Å². The molecule has 1 aromatic carbocycles. The molecule has 4 rings (SSSR count). The summed E-state index contributed by atoms with van der Waals surface area (Å²) in [6, 6.07) is 9.60. The van der Waals surface area contributed by atoms with Crippen LogP contribution in [0.5, 0.6) is 0 Å². The summed E-state index contributed by atoms with van der Waals surface area (Å²) >= 11 is 0.